The van der Waals surface area contributed by atoms with Gasteiger partial charge in [0.05, 0.1) is 6.61 Å². The third-order valence-corrected chi connectivity index (χ3v) is 5.27. The zero-order chi connectivity index (χ0) is 24.3. The van der Waals surface area contributed by atoms with Crippen LogP contribution in [0.1, 0.15) is 6.92 Å². The van der Waals surface area contributed by atoms with E-state index in [2.05, 4.69) is 30.8 Å². The van der Waals surface area contributed by atoms with E-state index in [0.717, 1.165) is 12.1 Å². The van der Waals surface area contributed by atoms with Gasteiger partial charge in [0, 0.05) is 71.5 Å². The van der Waals surface area contributed by atoms with E-state index in [4.69, 9.17) is 4.74 Å². The summed E-state index contributed by atoms with van der Waals surface area (Å²) in [5.74, 6) is -0.375. The molecule has 1 aromatic carbocycles. The topological polar surface area (TPSA) is 129 Å². The fourth-order valence-corrected chi connectivity index (χ4v) is 3.46. The second-order valence-corrected chi connectivity index (χ2v) is 7.82. The molecule has 0 spiro atoms. The van der Waals surface area contributed by atoms with Gasteiger partial charge in [0.25, 0.3) is 0 Å². The molecule has 1 aromatic heterocycles. The molecule has 1 aliphatic heterocycles. The number of hydrogen-bond acceptors (Lipinski definition) is 8. The van der Waals surface area contributed by atoms with E-state index in [-0.39, 0.29) is 11.7 Å². The maximum Gasteiger partial charge on any atom is 0.315 e. The van der Waals surface area contributed by atoms with E-state index in [1.807, 2.05) is 30.3 Å². The van der Waals surface area contributed by atoms with E-state index in [0.29, 0.717) is 57.5 Å². The smallest absolute Gasteiger partial charge is 0.315 e. The molecular weight excluding hydrogens is 438 g/mol. The number of ether oxygens (including phenoxy) is 1. The number of carbonyl (C=O) groups excluding carboxylic acids is 3. The van der Waals surface area contributed by atoms with Crippen LogP contribution < -0.4 is 16.0 Å². The van der Waals surface area contributed by atoms with Gasteiger partial charge < -0.3 is 25.6 Å². The molecule has 11 nitrogen and oxygen atoms in total. The first-order chi connectivity index (χ1) is 16.5. The predicted octanol–water partition coefficient (Wildman–Crippen LogP) is 0.421. The second kappa shape index (κ2) is 12.6. The molecular formula is C23H31N7O4. The van der Waals surface area contributed by atoms with Crippen molar-refractivity contribution >= 4 is 29.4 Å². The largest absolute Gasteiger partial charge is 0.383 e. The van der Waals surface area contributed by atoms with E-state index >= 15 is 0 Å². The van der Waals surface area contributed by atoms with Crippen LogP contribution >= 0.6 is 0 Å². The van der Waals surface area contributed by atoms with E-state index in [9.17, 15) is 14.4 Å². The first kappa shape index (κ1) is 25.1. The Balaban J connectivity index is 1.67. The maximum absolute atomic E-state index is 12.7. The van der Waals surface area contributed by atoms with Crippen LogP contribution in [-0.4, -0.2) is 97.0 Å². The average Bonchev–Trinajstić information content (AvgIpc) is 2.85. The summed E-state index contributed by atoms with van der Waals surface area (Å²) in [6, 6.07) is 10.9. The highest BCUT2D eigenvalue weighted by Gasteiger charge is 2.26. The first-order valence-corrected chi connectivity index (χ1v) is 11.2. The van der Waals surface area contributed by atoms with Crippen LogP contribution in [0.25, 0.3) is 11.4 Å². The quantitative estimate of drug-likeness (QED) is 0.356. The molecule has 2 aromatic rings. The Morgan fingerprint density at radius 3 is 2.38 bits per heavy atom. The highest BCUT2D eigenvalue weighted by Crippen LogP contribution is 2.20. The van der Waals surface area contributed by atoms with E-state index in [1.165, 1.54) is 6.92 Å². The van der Waals surface area contributed by atoms with Crippen molar-refractivity contribution in [2.75, 3.05) is 70.2 Å². The van der Waals surface area contributed by atoms with Crippen molar-refractivity contribution in [3.63, 3.8) is 0 Å². The summed E-state index contributed by atoms with van der Waals surface area (Å²) in [4.78, 5) is 49.1. The zero-order valence-electron chi connectivity index (χ0n) is 19.5. The molecule has 1 fully saturated rings. The molecule has 0 radical (unpaired) electrons. The lowest BCUT2D eigenvalue weighted by Gasteiger charge is -2.34. The van der Waals surface area contributed by atoms with Gasteiger partial charge >= 0.3 is 11.8 Å². The maximum atomic E-state index is 12.7. The number of anilines is 2. The van der Waals surface area contributed by atoms with Crippen LogP contribution in [0.5, 0.6) is 0 Å². The first-order valence-electron chi connectivity index (χ1n) is 11.2. The van der Waals surface area contributed by atoms with Crippen LogP contribution in [-0.2, 0) is 19.1 Å². The Morgan fingerprint density at radius 2 is 1.71 bits per heavy atom. The molecule has 34 heavy (non-hydrogen) atoms. The molecule has 0 bridgehead atoms. The van der Waals surface area contributed by atoms with Gasteiger partial charge in [-0.3, -0.25) is 19.3 Å². The number of carbonyl (C=O) groups is 3. The Morgan fingerprint density at radius 1 is 1.00 bits per heavy atom. The van der Waals surface area contributed by atoms with Gasteiger partial charge in [0.1, 0.15) is 11.6 Å². The average molecular weight is 470 g/mol. The van der Waals surface area contributed by atoms with Gasteiger partial charge in [-0.1, -0.05) is 30.3 Å². The fraction of sp³-hybridized carbons (Fsp3) is 0.435. The van der Waals surface area contributed by atoms with Crippen molar-refractivity contribution in [1.29, 1.82) is 0 Å². The van der Waals surface area contributed by atoms with Gasteiger partial charge in [0.15, 0.2) is 5.82 Å². The third kappa shape index (κ3) is 7.49. The minimum atomic E-state index is -0.743. The van der Waals surface area contributed by atoms with E-state index < -0.39 is 11.8 Å². The summed E-state index contributed by atoms with van der Waals surface area (Å²) in [6.07, 6.45) is 0. The summed E-state index contributed by atoms with van der Waals surface area (Å²) in [5.41, 5.74) is 0.766. The van der Waals surface area contributed by atoms with Crippen molar-refractivity contribution in [3.05, 3.63) is 36.4 Å². The fourth-order valence-electron chi connectivity index (χ4n) is 3.46. The molecule has 3 N–H and O–H groups in total. The van der Waals surface area contributed by atoms with Crippen molar-refractivity contribution in [2.45, 2.75) is 6.92 Å². The lowest BCUT2D eigenvalue weighted by molar-refractivity contribution is -0.144. The van der Waals surface area contributed by atoms with Crippen LogP contribution in [0.15, 0.2) is 36.4 Å². The summed E-state index contributed by atoms with van der Waals surface area (Å²) in [7, 11) is 1.66. The van der Waals surface area contributed by atoms with Gasteiger partial charge in [-0.2, -0.15) is 0 Å². The highest BCUT2D eigenvalue weighted by molar-refractivity contribution is 6.39. The summed E-state index contributed by atoms with van der Waals surface area (Å²) < 4.78 is 5.09. The normalized spacial score (nSPS) is 13.9. The van der Waals surface area contributed by atoms with Gasteiger partial charge in [-0.25, -0.2) is 9.97 Å². The van der Waals surface area contributed by atoms with Crippen molar-refractivity contribution < 1.29 is 19.1 Å². The summed E-state index contributed by atoms with van der Waals surface area (Å²) >= 11 is 0. The Kier molecular flexibility index (Phi) is 9.30. The molecule has 11 heteroatoms. The van der Waals surface area contributed by atoms with Gasteiger partial charge in [-0.05, 0) is 0 Å². The van der Waals surface area contributed by atoms with Crippen LogP contribution in [0.2, 0.25) is 0 Å². The van der Waals surface area contributed by atoms with Crippen molar-refractivity contribution in [3.8, 4) is 11.4 Å². The number of piperazine rings is 1. The predicted molar refractivity (Wildman–Crippen MR) is 128 cm³/mol. The van der Waals surface area contributed by atoms with Crippen molar-refractivity contribution in [2.24, 2.45) is 0 Å². The number of aromatic nitrogens is 2. The summed E-state index contributed by atoms with van der Waals surface area (Å²) in [6.45, 7) is 6.06. The highest BCUT2D eigenvalue weighted by atomic mass is 16.5. The monoisotopic (exact) mass is 469 g/mol. The van der Waals surface area contributed by atoms with Crippen LogP contribution in [0.4, 0.5) is 11.6 Å². The number of rotatable bonds is 9. The second-order valence-electron chi connectivity index (χ2n) is 7.82. The molecule has 0 unspecified atom stereocenters. The number of nitrogens with zero attached hydrogens (tertiary/aromatic N) is 4. The lowest BCUT2D eigenvalue weighted by atomic mass is 10.2. The molecule has 0 saturated carbocycles. The minimum Gasteiger partial charge on any atom is -0.383 e. The molecule has 0 atom stereocenters. The molecule has 3 amide bonds. The van der Waals surface area contributed by atoms with Gasteiger partial charge in [0.2, 0.25) is 5.91 Å². The van der Waals surface area contributed by atoms with Crippen LogP contribution in [0, 0.1) is 0 Å². The number of benzene rings is 1. The Labute approximate surface area is 198 Å². The number of nitrogens with one attached hydrogen (secondary N) is 3. The standard InChI is InChI=1S/C23H31N7O4/c1-17(31)24-8-9-25-19-16-20(27-21(26-19)18-6-4-3-5-7-18)28-22(32)23(33)30-12-10-29(11-13-30)14-15-34-2/h3-7,16H,8-15H2,1-2H3,(H,24,31)(H2,25,26,27,28,32). The van der Waals surface area contributed by atoms with Crippen LogP contribution in [0.3, 0.4) is 0 Å². The Hall–Kier alpha value is -3.57. The molecule has 182 valence electrons. The van der Waals surface area contributed by atoms with Gasteiger partial charge in [-0.15, -0.1) is 0 Å². The van der Waals surface area contributed by atoms with E-state index in [1.54, 1.807) is 18.1 Å². The number of amides is 3. The molecule has 0 aliphatic carbocycles. The summed E-state index contributed by atoms with van der Waals surface area (Å²) in [5, 5.41) is 8.43. The third-order valence-electron chi connectivity index (χ3n) is 5.27. The van der Waals surface area contributed by atoms with Crippen molar-refractivity contribution in [1.82, 2.24) is 25.1 Å². The SMILES string of the molecule is COCCN1CCN(C(=O)C(=O)Nc2cc(NCCNC(C)=O)nc(-c3ccccc3)n2)CC1. The molecule has 3 rings (SSSR count). The lowest BCUT2D eigenvalue weighted by Crippen LogP contribution is -2.52. The minimum absolute atomic E-state index is 0.125. The number of hydrogen-bond donors (Lipinski definition) is 3. The number of methoxy groups -OCH3 is 1. The molecule has 2 heterocycles. The molecule has 1 aliphatic rings. The zero-order valence-corrected chi connectivity index (χ0v) is 19.5. The Bertz CT molecular complexity index is 979. The molecule has 1 saturated heterocycles.